The normalized spacial score (nSPS) is 21.0. The molecule has 3 heteroatoms. The minimum absolute atomic E-state index is 0.220. The largest absolute Gasteiger partial charge is 0.381 e. The van der Waals surface area contributed by atoms with Crippen LogP contribution in [0.1, 0.15) is 28.6 Å². The van der Waals surface area contributed by atoms with Gasteiger partial charge in [-0.3, -0.25) is 0 Å². The van der Waals surface area contributed by atoms with Crippen LogP contribution in [0.2, 0.25) is 0 Å². The van der Waals surface area contributed by atoms with Crippen molar-refractivity contribution in [1.82, 2.24) is 0 Å². The van der Waals surface area contributed by atoms with Crippen LogP contribution in [-0.4, -0.2) is 13.2 Å². The van der Waals surface area contributed by atoms with Gasteiger partial charge in [0.1, 0.15) is 0 Å². The van der Waals surface area contributed by atoms with E-state index in [2.05, 4.69) is 19.1 Å². The zero-order valence-corrected chi connectivity index (χ0v) is 9.35. The second kappa shape index (κ2) is 4.43. The molecule has 1 saturated heterocycles. The smallest absolute Gasteiger partial charge is 0.0469 e. The third-order valence-corrected chi connectivity index (χ3v) is 3.97. The van der Waals surface area contributed by atoms with E-state index < -0.39 is 0 Å². The third kappa shape index (κ3) is 2.16. The van der Waals surface area contributed by atoms with Crippen molar-refractivity contribution in [1.29, 1.82) is 0 Å². The molecule has 2 rings (SSSR count). The Kier molecular flexibility index (Phi) is 3.21. The Morgan fingerprint density at radius 3 is 2.71 bits per heavy atom. The summed E-state index contributed by atoms with van der Waals surface area (Å²) in [6, 6.07) is 4.54. The fraction of sp³-hybridized carbons (Fsp3) is 0.636. The summed E-state index contributed by atoms with van der Waals surface area (Å²) in [6.07, 6.45) is 2.22. The van der Waals surface area contributed by atoms with Crippen LogP contribution in [0.25, 0.3) is 0 Å². The first-order valence-electron chi connectivity index (χ1n) is 5.17. The van der Waals surface area contributed by atoms with Gasteiger partial charge in [0, 0.05) is 29.0 Å². The lowest BCUT2D eigenvalue weighted by molar-refractivity contribution is 0.0587. The van der Waals surface area contributed by atoms with Crippen molar-refractivity contribution in [3.05, 3.63) is 21.9 Å². The molecule has 0 spiro atoms. The SMILES string of the molecule is Cc1ccc([C@H](N)C2CCOCC2)s1. The van der Waals surface area contributed by atoms with Crippen LogP contribution in [0.5, 0.6) is 0 Å². The second-order valence-corrected chi connectivity index (χ2v) is 5.24. The van der Waals surface area contributed by atoms with Gasteiger partial charge in [-0.25, -0.2) is 0 Å². The minimum Gasteiger partial charge on any atom is -0.381 e. The summed E-state index contributed by atoms with van der Waals surface area (Å²) in [6.45, 7) is 3.89. The van der Waals surface area contributed by atoms with Gasteiger partial charge >= 0.3 is 0 Å². The van der Waals surface area contributed by atoms with Gasteiger partial charge in [0.15, 0.2) is 0 Å². The zero-order valence-electron chi connectivity index (χ0n) is 8.53. The topological polar surface area (TPSA) is 35.2 Å². The molecule has 0 radical (unpaired) electrons. The van der Waals surface area contributed by atoms with E-state index in [9.17, 15) is 0 Å². The van der Waals surface area contributed by atoms with Gasteiger partial charge in [0.25, 0.3) is 0 Å². The lowest BCUT2D eigenvalue weighted by atomic mass is 9.91. The van der Waals surface area contributed by atoms with Crippen LogP contribution < -0.4 is 5.73 Å². The quantitative estimate of drug-likeness (QED) is 0.815. The van der Waals surface area contributed by atoms with Gasteiger partial charge in [0.2, 0.25) is 0 Å². The van der Waals surface area contributed by atoms with E-state index in [-0.39, 0.29) is 6.04 Å². The van der Waals surface area contributed by atoms with E-state index in [1.54, 1.807) is 0 Å². The number of hydrogen-bond donors (Lipinski definition) is 1. The van der Waals surface area contributed by atoms with Crippen LogP contribution in [0.3, 0.4) is 0 Å². The molecule has 78 valence electrons. The highest BCUT2D eigenvalue weighted by Crippen LogP contribution is 2.31. The molecule has 2 N–H and O–H groups in total. The molecule has 0 aliphatic carbocycles. The molecule has 0 bridgehead atoms. The molecule has 1 aliphatic heterocycles. The Hall–Kier alpha value is -0.380. The van der Waals surface area contributed by atoms with Crippen molar-refractivity contribution in [2.24, 2.45) is 11.7 Å². The standard InChI is InChI=1S/C11H17NOS/c1-8-2-3-10(14-8)11(12)9-4-6-13-7-5-9/h2-3,9,11H,4-7,12H2,1H3/t11-/m1/s1. The molecule has 2 heterocycles. The molecule has 1 aliphatic rings. The highest BCUT2D eigenvalue weighted by Gasteiger charge is 2.22. The summed E-state index contributed by atoms with van der Waals surface area (Å²) in [5.41, 5.74) is 6.24. The number of hydrogen-bond acceptors (Lipinski definition) is 3. The highest BCUT2D eigenvalue weighted by atomic mass is 32.1. The van der Waals surface area contributed by atoms with Gasteiger partial charge in [0.05, 0.1) is 0 Å². The van der Waals surface area contributed by atoms with Crippen molar-refractivity contribution in [3.8, 4) is 0 Å². The first kappa shape index (κ1) is 10.1. The first-order chi connectivity index (χ1) is 6.77. The average Bonchev–Trinajstić information content (AvgIpc) is 2.65. The van der Waals surface area contributed by atoms with Crippen molar-refractivity contribution < 1.29 is 4.74 Å². The fourth-order valence-corrected chi connectivity index (χ4v) is 2.91. The van der Waals surface area contributed by atoms with Crippen molar-refractivity contribution >= 4 is 11.3 Å². The van der Waals surface area contributed by atoms with Crippen LogP contribution in [0.15, 0.2) is 12.1 Å². The average molecular weight is 211 g/mol. The molecule has 1 aromatic rings. The Morgan fingerprint density at radius 1 is 1.43 bits per heavy atom. The monoisotopic (exact) mass is 211 g/mol. The summed E-state index contributed by atoms with van der Waals surface area (Å²) in [5, 5.41) is 0. The predicted octanol–water partition coefficient (Wildman–Crippen LogP) is 2.48. The number of aryl methyl sites for hydroxylation is 1. The third-order valence-electron chi connectivity index (χ3n) is 2.86. The first-order valence-corrected chi connectivity index (χ1v) is 5.98. The number of thiophene rings is 1. The number of ether oxygens (including phenoxy) is 1. The molecule has 0 aromatic carbocycles. The van der Waals surface area contributed by atoms with E-state index in [0.29, 0.717) is 5.92 Å². The molecule has 1 aromatic heterocycles. The second-order valence-electron chi connectivity index (χ2n) is 3.92. The summed E-state index contributed by atoms with van der Waals surface area (Å²) in [4.78, 5) is 2.68. The Morgan fingerprint density at radius 2 is 2.14 bits per heavy atom. The van der Waals surface area contributed by atoms with Gasteiger partial charge < -0.3 is 10.5 Å². The molecular weight excluding hydrogens is 194 g/mol. The van der Waals surface area contributed by atoms with E-state index in [1.807, 2.05) is 11.3 Å². The maximum Gasteiger partial charge on any atom is 0.0469 e. The van der Waals surface area contributed by atoms with Gasteiger partial charge in [-0.1, -0.05) is 0 Å². The highest BCUT2D eigenvalue weighted by molar-refractivity contribution is 7.12. The molecule has 2 nitrogen and oxygen atoms in total. The maximum atomic E-state index is 6.24. The molecule has 1 fully saturated rings. The Balaban J connectivity index is 2.03. The van der Waals surface area contributed by atoms with E-state index in [1.165, 1.54) is 9.75 Å². The molecule has 1 atom stereocenters. The Labute approximate surface area is 89.1 Å². The van der Waals surface area contributed by atoms with Crippen LogP contribution in [0, 0.1) is 12.8 Å². The Bertz CT molecular complexity index is 291. The van der Waals surface area contributed by atoms with E-state index in [0.717, 1.165) is 26.1 Å². The van der Waals surface area contributed by atoms with Crippen molar-refractivity contribution in [2.45, 2.75) is 25.8 Å². The van der Waals surface area contributed by atoms with Crippen LogP contribution in [-0.2, 0) is 4.74 Å². The summed E-state index contributed by atoms with van der Waals surface area (Å²) >= 11 is 1.82. The molecule has 14 heavy (non-hydrogen) atoms. The number of rotatable bonds is 2. The predicted molar refractivity (Wildman–Crippen MR) is 59.5 cm³/mol. The van der Waals surface area contributed by atoms with Crippen LogP contribution >= 0.6 is 11.3 Å². The lowest BCUT2D eigenvalue weighted by Gasteiger charge is -2.26. The van der Waals surface area contributed by atoms with E-state index >= 15 is 0 Å². The fourth-order valence-electron chi connectivity index (χ4n) is 1.94. The maximum absolute atomic E-state index is 6.24. The zero-order chi connectivity index (χ0) is 9.97. The van der Waals surface area contributed by atoms with Crippen LogP contribution in [0.4, 0.5) is 0 Å². The lowest BCUT2D eigenvalue weighted by Crippen LogP contribution is -2.26. The molecule has 0 amide bonds. The molecular formula is C11H17NOS. The summed E-state index contributed by atoms with van der Waals surface area (Å²) in [5.74, 6) is 0.613. The van der Waals surface area contributed by atoms with Crippen molar-refractivity contribution in [2.75, 3.05) is 13.2 Å². The minimum atomic E-state index is 0.220. The molecule has 0 saturated carbocycles. The summed E-state index contributed by atoms with van der Waals surface area (Å²) in [7, 11) is 0. The van der Waals surface area contributed by atoms with E-state index in [4.69, 9.17) is 10.5 Å². The molecule has 0 unspecified atom stereocenters. The summed E-state index contributed by atoms with van der Waals surface area (Å²) < 4.78 is 5.34. The van der Waals surface area contributed by atoms with Gasteiger partial charge in [-0.2, -0.15) is 0 Å². The van der Waals surface area contributed by atoms with Gasteiger partial charge in [-0.15, -0.1) is 11.3 Å². The van der Waals surface area contributed by atoms with Gasteiger partial charge in [-0.05, 0) is 37.8 Å². The number of nitrogens with two attached hydrogens (primary N) is 1. The van der Waals surface area contributed by atoms with Crippen molar-refractivity contribution in [3.63, 3.8) is 0 Å².